The van der Waals surface area contributed by atoms with Crippen LogP contribution in [-0.4, -0.2) is 52.8 Å². The van der Waals surface area contributed by atoms with E-state index in [1.807, 2.05) is 12.3 Å². The Hall–Kier alpha value is -2.92. The summed E-state index contributed by atoms with van der Waals surface area (Å²) in [5.41, 5.74) is 1.71. The standard InChI is InChI=1S/C11H12N4.C4H4O4/c12-2-8-1-10(5-13-3-8)15-6-9-4-14-11(9)7-15;5-3(6)1-2-4(7)8/h1,3,5,9,11,14H,4,6-7H2;1-2H,(H,5,6)(H,7,8)/t9-,11+;/m1./s1. The number of aliphatic carboxylic acids is 2. The Balaban J connectivity index is 0.000000207. The Bertz CT molecular complexity index is 640. The second kappa shape index (κ2) is 7.38. The lowest BCUT2D eigenvalue weighted by atomic mass is 9.96. The van der Waals surface area contributed by atoms with Crippen molar-refractivity contribution in [3.05, 3.63) is 36.2 Å². The van der Waals surface area contributed by atoms with Crippen LogP contribution in [0.2, 0.25) is 0 Å². The predicted molar refractivity (Wildman–Crippen MR) is 80.9 cm³/mol. The molecule has 8 heteroatoms. The Morgan fingerprint density at radius 3 is 2.43 bits per heavy atom. The lowest BCUT2D eigenvalue weighted by Gasteiger charge is -2.29. The molecular weight excluding hydrogens is 300 g/mol. The van der Waals surface area contributed by atoms with E-state index in [2.05, 4.69) is 21.3 Å². The third kappa shape index (κ3) is 4.52. The van der Waals surface area contributed by atoms with Gasteiger partial charge < -0.3 is 20.4 Å². The van der Waals surface area contributed by atoms with Crippen LogP contribution in [0.1, 0.15) is 5.56 Å². The Labute approximate surface area is 132 Å². The lowest BCUT2D eigenvalue weighted by Crippen LogP contribution is -2.51. The van der Waals surface area contributed by atoms with Crippen LogP contribution in [0.5, 0.6) is 0 Å². The molecule has 8 nitrogen and oxygen atoms in total. The highest BCUT2D eigenvalue weighted by Crippen LogP contribution is 2.27. The van der Waals surface area contributed by atoms with Gasteiger partial charge in [0.25, 0.3) is 0 Å². The molecule has 0 saturated carbocycles. The molecule has 2 atom stereocenters. The number of nitriles is 1. The molecule has 2 aliphatic rings. The summed E-state index contributed by atoms with van der Waals surface area (Å²) in [6.07, 6.45) is 4.56. The first-order valence-corrected chi connectivity index (χ1v) is 6.97. The second-order valence-electron chi connectivity index (χ2n) is 5.23. The molecule has 1 aromatic heterocycles. The van der Waals surface area contributed by atoms with E-state index in [1.54, 1.807) is 6.20 Å². The second-order valence-corrected chi connectivity index (χ2v) is 5.23. The van der Waals surface area contributed by atoms with Crippen LogP contribution in [0.15, 0.2) is 30.6 Å². The molecule has 2 fully saturated rings. The maximum Gasteiger partial charge on any atom is 0.328 e. The highest BCUT2D eigenvalue weighted by Gasteiger charge is 2.39. The van der Waals surface area contributed by atoms with Crippen LogP contribution < -0.4 is 10.2 Å². The average Bonchev–Trinajstić information content (AvgIpc) is 2.81. The first-order chi connectivity index (χ1) is 11.0. The zero-order chi connectivity index (χ0) is 16.8. The molecule has 0 aromatic carbocycles. The Morgan fingerprint density at radius 2 is 2.00 bits per heavy atom. The fourth-order valence-corrected chi connectivity index (χ4v) is 2.47. The summed E-state index contributed by atoms with van der Waals surface area (Å²) in [5, 5.41) is 27.8. The van der Waals surface area contributed by atoms with E-state index in [0.717, 1.165) is 31.2 Å². The Morgan fingerprint density at radius 1 is 1.30 bits per heavy atom. The maximum atomic E-state index is 9.55. The van der Waals surface area contributed by atoms with Crippen LogP contribution in [0.3, 0.4) is 0 Å². The van der Waals surface area contributed by atoms with Gasteiger partial charge in [-0.2, -0.15) is 5.26 Å². The number of hydrogen-bond donors (Lipinski definition) is 3. The summed E-state index contributed by atoms with van der Waals surface area (Å²) >= 11 is 0. The van der Waals surface area contributed by atoms with Gasteiger partial charge in [-0.3, -0.25) is 4.98 Å². The molecule has 2 saturated heterocycles. The predicted octanol–water partition coefficient (Wildman–Crippen LogP) is 0.0731. The molecule has 0 radical (unpaired) electrons. The molecule has 3 N–H and O–H groups in total. The Kier molecular flexibility index (Phi) is 5.28. The van der Waals surface area contributed by atoms with Gasteiger partial charge >= 0.3 is 11.9 Å². The average molecular weight is 316 g/mol. The van der Waals surface area contributed by atoms with E-state index in [0.29, 0.717) is 23.8 Å². The largest absolute Gasteiger partial charge is 0.478 e. The van der Waals surface area contributed by atoms with Crippen LogP contribution in [0, 0.1) is 17.2 Å². The molecule has 2 aliphatic heterocycles. The minimum Gasteiger partial charge on any atom is -0.478 e. The van der Waals surface area contributed by atoms with E-state index >= 15 is 0 Å². The minimum absolute atomic E-state index is 0.558. The number of hydrogen-bond acceptors (Lipinski definition) is 6. The number of aromatic nitrogens is 1. The van der Waals surface area contributed by atoms with E-state index < -0.39 is 11.9 Å². The number of nitrogens with zero attached hydrogens (tertiary/aromatic N) is 3. The molecule has 3 rings (SSSR count). The summed E-state index contributed by atoms with van der Waals surface area (Å²) in [5.74, 6) is -1.73. The molecule has 23 heavy (non-hydrogen) atoms. The lowest BCUT2D eigenvalue weighted by molar-refractivity contribution is -0.134. The van der Waals surface area contributed by atoms with Crippen LogP contribution >= 0.6 is 0 Å². The number of fused-ring (bicyclic) bond motifs is 1. The van der Waals surface area contributed by atoms with Gasteiger partial charge in [-0.15, -0.1) is 0 Å². The highest BCUT2D eigenvalue weighted by atomic mass is 16.4. The normalized spacial score (nSPS) is 21.6. The summed E-state index contributed by atoms with van der Waals surface area (Å²) < 4.78 is 0. The zero-order valence-electron chi connectivity index (χ0n) is 12.2. The smallest absolute Gasteiger partial charge is 0.328 e. The summed E-state index contributed by atoms with van der Waals surface area (Å²) in [7, 11) is 0. The van der Waals surface area contributed by atoms with E-state index in [1.165, 1.54) is 0 Å². The quantitative estimate of drug-likeness (QED) is 0.669. The molecule has 0 unspecified atom stereocenters. The number of rotatable bonds is 3. The van der Waals surface area contributed by atoms with Crippen LogP contribution in [0.4, 0.5) is 5.69 Å². The van der Waals surface area contributed by atoms with Crippen LogP contribution in [-0.2, 0) is 9.59 Å². The third-order valence-corrected chi connectivity index (χ3v) is 3.67. The fourth-order valence-electron chi connectivity index (χ4n) is 2.47. The fraction of sp³-hybridized carbons (Fsp3) is 0.333. The SMILES string of the molecule is N#Cc1cncc(N2C[C@H]3CN[C@H]3C2)c1.O=C(O)C=CC(=O)O. The van der Waals surface area contributed by atoms with Gasteiger partial charge in [0.15, 0.2) is 0 Å². The number of nitrogens with one attached hydrogen (secondary N) is 1. The number of carboxylic acids is 2. The van der Waals surface area contributed by atoms with E-state index in [4.69, 9.17) is 15.5 Å². The zero-order valence-corrected chi connectivity index (χ0v) is 12.2. The van der Waals surface area contributed by atoms with Crippen molar-refractivity contribution in [1.29, 1.82) is 5.26 Å². The van der Waals surface area contributed by atoms with Crippen LogP contribution in [0.25, 0.3) is 0 Å². The van der Waals surface area contributed by atoms with Gasteiger partial charge in [0.1, 0.15) is 6.07 Å². The van der Waals surface area contributed by atoms with Gasteiger partial charge in [-0.25, -0.2) is 9.59 Å². The van der Waals surface area contributed by atoms with Crippen molar-refractivity contribution in [2.24, 2.45) is 5.92 Å². The summed E-state index contributed by atoms with van der Waals surface area (Å²) in [6.45, 7) is 3.27. The third-order valence-electron chi connectivity index (χ3n) is 3.67. The minimum atomic E-state index is -1.26. The van der Waals surface area contributed by atoms with Crippen molar-refractivity contribution in [2.75, 3.05) is 24.5 Å². The number of carboxylic acid groups (broad SMARTS) is 2. The molecule has 0 aliphatic carbocycles. The first-order valence-electron chi connectivity index (χ1n) is 6.97. The number of pyridine rings is 1. The monoisotopic (exact) mass is 316 g/mol. The van der Waals surface area contributed by atoms with Crippen molar-refractivity contribution in [2.45, 2.75) is 6.04 Å². The molecule has 3 heterocycles. The molecule has 0 amide bonds. The molecule has 0 spiro atoms. The molecule has 120 valence electrons. The van der Waals surface area contributed by atoms with Gasteiger partial charge in [0, 0.05) is 49.9 Å². The van der Waals surface area contributed by atoms with Crippen molar-refractivity contribution < 1.29 is 19.8 Å². The van der Waals surface area contributed by atoms with Gasteiger partial charge in [0.05, 0.1) is 17.4 Å². The van der Waals surface area contributed by atoms with Gasteiger partial charge in [-0.1, -0.05) is 0 Å². The summed E-state index contributed by atoms with van der Waals surface area (Å²) in [4.78, 5) is 25.5. The summed E-state index contributed by atoms with van der Waals surface area (Å²) in [6, 6.07) is 4.69. The maximum absolute atomic E-state index is 9.55. The molecule has 0 bridgehead atoms. The van der Waals surface area contributed by atoms with Crippen molar-refractivity contribution in [3.63, 3.8) is 0 Å². The van der Waals surface area contributed by atoms with E-state index in [9.17, 15) is 9.59 Å². The number of anilines is 1. The van der Waals surface area contributed by atoms with Crippen molar-refractivity contribution >= 4 is 17.6 Å². The van der Waals surface area contributed by atoms with Gasteiger partial charge in [-0.05, 0) is 6.07 Å². The van der Waals surface area contributed by atoms with Gasteiger partial charge in [0.2, 0.25) is 0 Å². The molecule has 1 aromatic rings. The molecular formula is C15H16N4O4. The topological polar surface area (TPSA) is 127 Å². The van der Waals surface area contributed by atoms with Crippen molar-refractivity contribution in [3.8, 4) is 6.07 Å². The highest BCUT2D eigenvalue weighted by molar-refractivity contribution is 5.89. The van der Waals surface area contributed by atoms with Crippen molar-refractivity contribution in [1.82, 2.24) is 10.3 Å². The van der Waals surface area contributed by atoms with E-state index in [-0.39, 0.29) is 0 Å². The first kappa shape index (κ1) is 16.5. The number of carbonyl (C=O) groups is 2.